The summed E-state index contributed by atoms with van der Waals surface area (Å²) in [7, 11) is 0. The van der Waals surface area contributed by atoms with Crippen LogP contribution in [-0.2, 0) is 6.18 Å². The lowest BCUT2D eigenvalue weighted by Crippen LogP contribution is -2.11. The van der Waals surface area contributed by atoms with Crippen LogP contribution in [0, 0.1) is 0 Å². The van der Waals surface area contributed by atoms with Crippen molar-refractivity contribution in [2.75, 3.05) is 5.32 Å². The van der Waals surface area contributed by atoms with Gasteiger partial charge in [-0.05, 0) is 48.5 Å². The minimum absolute atomic E-state index is 0.0674. The highest BCUT2D eigenvalue weighted by molar-refractivity contribution is 6.02. The van der Waals surface area contributed by atoms with Crippen molar-refractivity contribution < 1.29 is 32.3 Å². The van der Waals surface area contributed by atoms with Crippen molar-refractivity contribution in [3.05, 3.63) is 77.6 Å². The van der Waals surface area contributed by atoms with E-state index in [0.29, 0.717) is 5.69 Å². The van der Waals surface area contributed by atoms with Gasteiger partial charge in [0, 0.05) is 11.3 Å². The Kier molecular flexibility index (Phi) is 4.72. The maximum absolute atomic E-state index is 12.8. The molecule has 0 aliphatic rings. The first-order chi connectivity index (χ1) is 12.7. The first-order valence-electron chi connectivity index (χ1n) is 7.66. The van der Waals surface area contributed by atoms with Crippen LogP contribution in [0.15, 0.2) is 65.1 Å². The van der Waals surface area contributed by atoms with E-state index in [-0.39, 0.29) is 22.6 Å². The Bertz CT molecular complexity index is 991. The van der Waals surface area contributed by atoms with Crippen molar-refractivity contribution in [2.45, 2.75) is 6.18 Å². The molecule has 5 nitrogen and oxygen atoms in total. The molecule has 0 atom stereocenters. The quantitative estimate of drug-likeness (QED) is 0.679. The monoisotopic (exact) mass is 375 g/mol. The van der Waals surface area contributed by atoms with Crippen LogP contribution in [0.3, 0.4) is 0 Å². The fourth-order valence-electron chi connectivity index (χ4n) is 2.35. The molecule has 0 saturated heterocycles. The van der Waals surface area contributed by atoms with Crippen molar-refractivity contribution in [3.63, 3.8) is 0 Å². The van der Waals surface area contributed by atoms with Gasteiger partial charge in [0.2, 0.25) is 0 Å². The van der Waals surface area contributed by atoms with E-state index in [2.05, 4.69) is 5.32 Å². The average Bonchev–Trinajstić information content (AvgIpc) is 3.12. The van der Waals surface area contributed by atoms with Gasteiger partial charge in [0.05, 0.1) is 11.1 Å². The molecule has 138 valence electrons. The number of halogens is 3. The summed E-state index contributed by atoms with van der Waals surface area (Å²) in [6, 6.07) is 12.8. The summed E-state index contributed by atoms with van der Waals surface area (Å²) in [5.74, 6) is -1.68. The number of nitrogens with one attached hydrogen (secondary N) is 1. The fraction of sp³-hybridized carbons (Fsp3) is 0.0526. The van der Waals surface area contributed by atoms with Gasteiger partial charge in [-0.2, -0.15) is 13.2 Å². The summed E-state index contributed by atoms with van der Waals surface area (Å²) in [6.45, 7) is 0. The third kappa shape index (κ3) is 4.17. The molecule has 0 spiro atoms. The van der Waals surface area contributed by atoms with Gasteiger partial charge < -0.3 is 14.8 Å². The van der Waals surface area contributed by atoms with E-state index < -0.39 is 23.6 Å². The third-order valence-corrected chi connectivity index (χ3v) is 3.69. The molecule has 8 heteroatoms. The molecule has 0 bridgehead atoms. The van der Waals surface area contributed by atoms with Crippen LogP contribution >= 0.6 is 0 Å². The van der Waals surface area contributed by atoms with Crippen molar-refractivity contribution in [1.29, 1.82) is 0 Å². The molecule has 0 unspecified atom stereocenters. The highest BCUT2D eigenvalue weighted by Crippen LogP contribution is 2.32. The second kappa shape index (κ2) is 6.99. The summed E-state index contributed by atoms with van der Waals surface area (Å²) in [4.78, 5) is 23.0. The Labute approximate surface area is 151 Å². The number of carbonyl (C=O) groups excluding carboxylic acids is 1. The molecule has 0 aliphatic heterocycles. The van der Waals surface area contributed by atoms with E-state index in [1.54, 1.807) is 0 Å². The minimum Gasteiger partial charge on any atom is -0.478 e. The number of hydrogen-bond acceptors (Lipinski definition) is 3. The van der Waals surface area contributed by atoms with E-state index in [1.807, 2.05) is 0 Å². The van der Waals surface area contributed by atoms with E-state index >= 15 is 0 Å². The number of rotatable bonds is 4. The maximum atomic E-state index is 12.8. The van der Waals surface area contributed by atoms with Gasteiger partial charge in [-0.25, -0.2) is 4.79 Å². The fourth-order valence-corrected chi connectivity index (χ4v) is 2.35. The summed E-state index contributed by atoms with van der Waals surface area (Å²) in [6.07, 6.45) is -4.48. The minimum atomic E-state index is -4.48. The second-order valence-corrected chi connectivity index (χ2v) is 5.58. The number of hydrogen-bond donors (Lipinski definition) is 2. The van der Waals surface area contributed by atoms with Crippen molar-refractivity contribution in [1.82, 2.24) is 0 Å². The molecule has 3 rings (SSSR count). The maximum Gasteiger partial charge on any atom is 0.416 e. The molecule has 0 aliphatic carbocycles. The SMILES string of the molecule is O=C(O)c1ccc(NC(=O)c2ccc(-c3cccc(C(F)(F)F)c3)o2)cc1. The van der Waals surface area contributed by atoms with Crippen LogP contribution in [0.1, 0.15) is 26.5 Å². The number of carboxylic acid groups (broad SMARTS) is 1. The van der Waals surface area contributed by atoms with Gasteiger partial charge >= 0.3 is 12.1 Å². The normalized spacial score (nSPS) is 11.2. The molecule has 0 radical (unpaired) electrons. The van der Waals surface area contributed by atoms with Crippen molar-refractivity contribution in [2.24, 2.45) is 0 Å². The van der Waals surface area contributed by atoms with Gasteiger partial charge in [0.15, 0.2) is 5.76 Å². The number of carbonyl (C=O) groups is 2. The zero-order valence-electron chi connectivity index (χ0n) is 13.6. The third-order valence-electron chi connectivity index (χ3n) is 3.69. The van der Waals surface area contributed by atoms with E-state index in [1.165, 1.54) is 48.5 Å². The van der Waals surface area contributed by atoms with Crippen LogP contribution < -0.4 is 5.32 Å². The summed E-state index contributed by atoms with van der Waals surface area (Å²) in [5, 5.41) is 11.4. The first-order valence-corrected chi connectivity index (χ1v) is 7.66. The number of amides is 1. The van der Waals surface area contributed by atoms with Crippen LogP contribution in [0.4, 0.5) is 18.9 Å². The molecule has 2 aromatic carbocycles. The highest BCUT2D eigenvalue weighted by atomic mass is 19.4. The number of alkyl halides is 3. The van der Waals surface area contributed by atoms with Gasteiger partial charge in [-0.15, -0.1) is 0 Å². The summed E-state index contributed by atoms with van der Waals surface area (Å²) < 4.78 is 43.8. The van der Waals surface area contributed by atoms with Crippen molar-refractivity contribution in [3.8, 4) is 11.3 Å². The zero-order chi connectivity index (χ0) is 19.6. The lowest BCUT2D eigenvalue weighted by atomic mass is 10.1. The molecular weight excluding hydrogens is 363 g/mol. The zero-order valence-corrected chi connectivity index (χ0v) is 13.6. The molecule has 3 aromatic rings. The van der Waals surface area contributed by atoms with E-state index in [9.17, 15) is 22.8 Å². The molecule has 1 heterocycles. The Balaban J connectivity index is 1.77. The molecule has 2 N–H and O–H groups in total. The molecule has 27 heavy (non-hydrogen) atoms. The Hall–Kier alpha value is -3.55. The molecule has 1 amide bonds. The molecule has 1 aromatic heterocycles. The number of anilines is 1. The number of benzene rings is 2. The Morgan fingerprint density at radius 2 is 1.67 bits per heavy atom. The highest BCUT2D eigenvalue weighted by Gasteiger charge is 2.30. The van der Waals surface area contributed by atoms with E-state index in [0.717, 1.165) is 12.1 Å². The predicted molar refractivity (Wildman–Crippen MR) is 90.5 cm³/mol. The lowest BCUT2D eigenvalue weighted by Gasteiger charge is -2.07. The molecular formula is C19H12F3NO4. The van der Waals surface area contributed by atoms with Crippen molar-refractivity contribution >= 4 is 17.6 Å². The largest absolute Gasteiger partial charge is 0.478 e. The second-order valence-electron chi connectivity index (χ2n) is 5.58. The predicted octanol–water partition coefficient (Wildman–Crippen LogP) is 4.92. The number of furan rings is 1. The topological polar surface area (TPSA) is 79.5 Å². The van der Waals surface area contributed by atoms with Crippen LogP contribution in [-0.4, -0.2) is 17.0 Å². The Morgan fingerprint density at radius 3 is 2.30 bits per heavy atom. The first kappa shape index (κ1) is 18.2. The van der Waals surface area contributed by atoms with Gasteiger partial charge in [0.1, 0.15) is 5.76 Å². The van der Waals surface area contributed by atoms with Crippen LogP contribution in [0.5, 0.6) is 0 Å². The van der Waals surface area contributed by atoms with Gasteiger partial charge in [0.25, 0.3) is 5.91 Å². The van der Waals surface area contributed by atoms with E-state index in [4.69, 9.17) is 9.52 Å². The summed E-state index contributed by atoms with van der Waals surface area (Å²) in [5.41, 5.74) is -0.213. The smallest absolute Gasteiger partial charge is 0.416 e. The lowest BCUT2D eigenvalue weighted by molar-refractivity contribution is -0.137. The summed E-state index contributed by atoms with van der Waals surface area (Å²) >= 11 is 0. The van der Waals surface area contributed by atoms with Gasteiger partial charge in [-0.3, -0.25) is 4.79 Å². The number of carboxylic acids is 1. The standard InChI is InChI=1S/C19H12F3NO4/c20-19(21,22)13-3-1-2-12(10-13)15-8-9-16(27-15)17(24)23-14-6-4-11(5-7-14)18(25)26/h1-10H,(H,23,24)(H,25,26). The average molecular weight is 375 g/mol. The number of aromatic carboxylic acids is 1. The van der Waals surface area contributed by atoms with Gasteiger partial charge in [-0.1, -0.05) is 12.1 Å². The molecule has 0 fully saturated rings. The Morgan fingerprint density at radius 1 is 0.963 bits per heavy atom. The molecule has 0 saturated carbocycles. The van der Waals surface area contributed by atoms with Crippen LogP contribution in [0.25, 0.3) is 11.3 Å². The van der Waals surface area contributed by atoms with Crippen LogP contribution in [0.2, 0.25) is 0 Å².